The number of nitriles is 1. The molecule has 2 rings (SSSR count). The van der Waals surface area contributed by atoms with Gasteiger partial charge in [0.2, 0.25) is 5.91 Å². The summed E-state index contributed by atoms with van der Waals surface area (Å²) in [5, 5.41) is 14.8. The molecule has 1 atom stereocenters. The molecule has 1 saturated heterocycles. The summed E-state index contributed by atoms with van der Waals surface area (Å²) >= 11 is 0. The van der Waals surface area contributed by atoms with E-state index in [0.717, 1.165) is 6.54 Å². The predicted molar refractivity (Wildman–Crippen MR) is 72.1 cm³/mol. The van der Waals surface area contributed by atoms with E-state index < -0.39 is 0 Å². The van der Waals surface area contributed by atoms with Crippen LogP contribution in [0.2, 0.25) is 0 Å². The molecule has 106 valence electrons. The van der Waals surface area contributed by atoms with Crippen LogP contribution in [0.3, 0.4) is 0 Å². The van der Waals surface area contributed by atoms with Crippen molar-refractivity contribution >= 4 is 5.91 Å². The van der Waals surface area contributed by atoms with Gasteiger partial charge in [0.15, 0.2) is 0 Å². The normalized spacial score (nSPS) is 19.3. The molecule has 0 bridgehead atoms. The number of amides is 1. The van der Waals surface area contributed by atoms with Gasteiger partial charge in [0, 0.05) is 31.7 Å². The van der Waals surface area contributed by atoms with E-state index in [9.17, 15) is 9.18 Å². The molecule has 1 amide bonds. The van der Waals surface area contributed by atoms with Crippen LogP contribution >= 0.6 is 0 Å². The monoisotopic (exact) mass is 276 g/mol. The molecule has 1 heterocycles. The van der Waals surface area contributed by atoms with E-state index in [4.69, 9.17) is 5.26 Å². The van der Waals surface area contributed by atoms with E-state index >= 15 is 0 Å². The molecule has 2 N–H and O–H groups in total. The number of carbonyl (C=O) groups excluding carboxylic acids is 1. The zero-order valence-electron chi connectivity index (χ0n) is 11.1. The lowest BCUT2D eigenvalue weighted by atomic mass is 10.2. The maximum Gasteiger partial charge on any atom is 0.234 e. The van der Waals surface area contributed by atoms with Crippen LogP contribution in [0.4, 0.5) is 4.39 Å². The fourth-order valence-corrected chi connectivity index (χ4v) is 2.14. The second-order valence-electron chi connectivity index (χ2n) is 4.69. The number of hydrogen-bond donors (Lipinski definition) is 2. The Kier molecular flexibility index (Phi) is 5.04. The number of carbonyl (C=O) groups is 1. The molecule has 1 fully saturated rings. The summed E-state index contributed by atoms with van der Waals surface area (Å²) < 4.78 is 13.4. The Labute approximate surface area is 117 Å². The zero-order valence-corrected chi connectivity index (χ0v) is 11.1. The number of piperazine rings is 1. The second-order valence-corrected chi connectivity index (χ2v) is 4.69. The van der Waals surface area contributed by atoms with Crippen LogP contribution < -0.4 is 10.6 Å². The third-order valence-corrected chi connectivity index (χ3v) is 3.28. The van der Waals surface area contributed by atoms with Crippen molar-refractivity contribution in [1.29, 1.82) is 5.26 Å². The van der Waals surface area contributed by atoms with Crippen LogP contribution in [0.1, 0.15) is 5.56 Å². The van der Waals surface area contributed by atoms with E-state index in [1.165, 1.54) is 6.07 Å². The number of rotatable bonds is 4. The highest BCUT2D eigenvalue weighted by Gasteiger charge is 2.23. The smallest absolute Gasteiger partial charge is 0.234 e. The van der Waals surface area contributed by atoms with Crippen molar-refractivity contribution in [3.05, 3.63) is 35.6 Å². The molecule has 0 aromatic heterocycles. The highest BCUT2D eigenvalue weighted by atomic mass is 19.1. The van der Waals surface area contributed by atoms with Gasteiger partial charge in [-0.2, -0.15) is 5.26 Å². The van der Waals surface area contributed by atoms with Crippen molar-refractivity contribution in [2.24, 2.45) is 0 Å². The minimum absolute atomic E-state index is 0.161. The minimum atomic E-state index is -0.329. The number of nitrogens with one attached hydrogen (secondary N) is 2. The molecule has 0 radical (unpaired) electrons. The van der Waals surface area contributed by atoms with Gasteiger partial charge in [-0.25, -0.2) is 4.39 Å². The first kappa shape index (κ1) is 14.4. The van der Waals surface area contributed by atoms with Crippen LogP contribution in [-0.2, 0) is 11.3 Å². The van der Waals surface area contributed by atoms with Crippen LogP contribution in [0.15, 0.2) is 24.3 Å². The lowest BCUT2D eigenvalue weighted by molar-refractivity contribution is -0.122. The van der Waals surface area contributed by atoms with Gasteiger partial charge in [0.05, 0.1) is 12.6 Å². The molecule has 0 spiro atoms. The molecule has 1 aliphatic heterocycles. The highest BCUT2D eigenvalue weighted by Crippen LogP contribution is 2.06. The highest BCUT2D eigenvalue weighted by molar-refractivity contribution is 5.78. The third kappa shape index (κ3) is 3.76. The Hall–Kier alpha value is -1.97. The first-order valence-corrected chi connectivity index (χ1v) is 6.55. The topological polar surface area (TPSA) is 68.2 Å². The van der Waals surface area contributed by atoms with Gasteiger partial charge < -0.3 is 10.6 Å². The molecule has 5 nitrogen and oxygen atoms in total. The van der Waals surface area contributed by atoms with Crippen molar-refractivity contribution < 1.29 is 9.18 Å². The van der Waals surface area contributed by atoms with Crippen molar-refractivity contribution in [2.75, 3.05) is 26.2 Å². The molecule has 6 heteroatoms. The van der Waals surface area contributed by atoms with Gasteiger partial charge in [-0.3, -0.25) is 9.69 Å². The van der Waals surface area contributed by atoms with E-state index in [0.29, 0.717) is 18.7 Å². The fraction of sp³-hybridized carbons (Fsp3) is 0.429. The summed E-state index contributed by atoms with van der Waals surface area (Å²) in [6.45, 7) is 2.31. The van der Waals surface area contributed by atoms with Crippen LogP contribution in [0.25, 0.3) is 0 Å². The van der Waals surface area contributed by atoms with E-state index in [1.807, 2.05) is 4.90 Å². The maximum absolute atomic E-state index is 13.4. The third-order valence-electron chi connectivity index (χ3n) is 3.28. The minimum Gasteiger partial charge on any atom is -0.351 e. The quantitative estimate of drug-likeness (QED) is 0.826. The molecule has 1 aliphatic rings. The van der Waals surface area contributed by atoms with Gasteiger partial charge in [-0.1, -0.05) is 18.2 Å². The van der Waals surface area contributed by atoms with Crippen molar-refractivity contribution in [2.45, 2.75) is 12.6 Å². The van der Waals surface area contributed by atoms with Gasteiger partial charge in [0.25, 0.3) is 0 Å². The van der Waals surface area contributed by atoms with E-state index in [-0.39, 0.29) is 30.9 Å². The van der Waals surface area contributed by atoms with Gasteiger partial charge in [-0.15, -0.1) is 0 Å². The summed E-state index contributed by atoms with van der Waals surface area (Å²) in [6.07, 6.45) is 0. The number of nitrogens with zero attached hydrogens (tertiary/aromatic N) is 2. The van der Waals surface area contributed by atoms with Crippen molar-refractivity contribution in [1.82, 2.24) is 15.5 Å². The Balaban J connectivity index is 1.83. The van der Waals surface area contributed by atoms with Crippen LogP contribution in [-0.4, -0.2) is 43.0 Å². The first-order valence-electron chi connectivity index (χ1n) is 6.55. The summed E-state index contributed by atoms with van der Waals surface area (Å²) in [4.78, 5) is 13.7. The number of halogens is 1. The van der Waals surface area contributed by atoms with Crippen LogP contribution in [0, 0.1) is 17.1 Å². The SMILES string of the molecule is N#CC1CNCCN1CC(=O)NCc1ccccc1F. The molecule has 0 aliphatic carbocycles. The fourth-order valence-electron chi connectivity index (χ4n) is 2.14. The van der Waals surface area contributed by atoms with E-state index in [2.05, 4.69) is 16.7 Å². The average Bonchev–Trinajstić information content (AvgIpc) is 2.47. The predicted octanol–water partition coefficient (Wildman–Crippen LogP) is 0.239. The van der Waals surface area contributed by atoms with Crippen molar-refractivity contribution in [3.63, 3.8) is 0 Å². The Morgan fingerprint density at radius 2 is 2.35 bits per heavy atom. The van der Waals surface area contributed by atoms with Crippen LogP contribution in [0.5, 0.6) is 0 Å². The summed E-state index contributed by atoms with van der Waals surface area (Å²) in [7, 11) is 0. The molecule has 1 unspecified atom stereocenters. The molecular weight excluding hydrogens is 259 g/mol. The molecule has 0 saturated carbocycles. The Bertz CT molecular complexity index is 514. The van der Waals surface area contributed by atoms with E-state index in [1.54, 1.807) is 18.2 Å². The summed E-state index contributed by atoms with van der Waals surface area (Å²) in [5.74, 6) is -0.528. The van der Waals surface area contributed by atoms with Gasteiger partial charge in [0.1, 0.15) is 11.9 Å². The van der Waals surface area contributed by atoms with Gasteiger partial charge >= 0.3 is 0 Å². The van der Waals surface area contributed by atoms with Crippen molar-refractivity contribution in [3.8, 4) is 6.07 Å². The summed E-state index contributed by atoms with van der Waals surface area (Å²) in [6, 6.07) is 8.22. The maximum atomic E-state index is 13.4. The lowest BCUT2D eigenvalue weighted by Crippen LogP contribution is -2.53. The molecular formula is C14H17FN4O. The molecule has 1 aromatic carbocycles. The van der Waals surface area contributed by atoms with Gasteiger partial charge in [-0.05, 0) is 6.07 Å². The zero-order chi connectivity index (χ0) is 14.4. The standard InChI is InChI=1S/C14H17FN4O/c15-13-4-2-1-3-11(13)8-18-14(20)10-19-6-5-17-9-12(19)7-16/h1-4,12,17H,5-6,8-10H2,(H,18,20). The second kappa shape index (κ2) is 6.98. The molecule has 1 aromatic rings. The first-order chi connectivity index (χ1) is 9.70. The number of benzene rings is 1. The molecule has 20 heavy (non-hydrogen) atoms. The Morgan fingerprint density at radius 3 is 3.10 bits per heavy atom. The average molecular weight is 276 g/mol. The number of hydrogen-bond acceptors (Lipinski definition) is 4. The lowest BCUT2D eigenvalue weighted by Gasteiger charge is -2.31. The Morgan fingerprint density at radius 1 is 1.55 bits per heavy atom. The summed E-state index contributed by atoms with van der Waals surface area (Å²) in [5.41, 5.74) is 0.456. The largest absolute Gasteiger partial charge is 0.351 e.